The average Bonchev–Trinajstić information content (AvgIpc) is 2.58. The number of aryl methyl sites for hydroxylation is 1. The number of rotatable bonds is 9. The van der Waals surface area contributed by atoms with Crippen molar-refractivity contribution >= 4 is 21.7 Å². The molecule has 1 aromatic rings. The molecule has 0 saturated carbocycles. The van der Waals surface area contributed by atoms with Crippen molar-refractivity contribution in [3.63, 3.8) is 0 Å². The van der Waals surface area contributed by atoms with E-state index in [1.54, 1.807) is 24.3 Å². The van der Waals surface area contributed by atoms with Gasteiger partial charge in [-0.2, -0.15) is 8.42 Å². The fraction of sp³-hybridized carbons (Fsp3) is 0.667. The molecule has 1 aliphatic rings. The first-order chi connectivity index (χ1) is 11.5. The van der Waals surface area contributed by atoms with E-state index < -0.39 is 10.1 Å². The van der Waals surface area contributed by atoms with Crippen LogP contribution in [0, 0.1) is 12.8 Å². The van der Waals surface area contributed by atoms with Gasteiger partial charge in [-0.1, -0.05) is 17.7 Å². The standard InChI is InChI=1S/C18H28ClNO3S/c1-16-5-7-18(8-6-16)24(21,22)23-15-2-4-17-9-13-20(14-10-17)12-3-11-19/h5-8,17H,2-4,9-15H2,1H3. The molecule has 2 rings (SSSR count). The number of alkyl halides is 1. The van der Waals surface area contributed by atoms with Gasteiger partial charge in [-0.15, -0.1) is 11.6 Å². The number of nitrogens with zero attached hydrogens (tertiary/aromatic N) is 1. The Kier molecular flexibility index (Phi) is 8.01. The molecule has 0 amide bonds. The Bertz CT molecular complexity index is 581. The highest BCUT2D eigenvalue weighted by molar-refractivity contribution is 7.86. The summed E-state index contributed by atoms with van der Waals surface area (Å²) in [6.45, 7) is 5.54. The van der Waals surface area contributed by atoms with Gasteiger partial charge in [-0.25, -0.2) is 0 Å². The topological polar surface area (TPSA) is 46.6 Å². The number of hydrogen-bond donors (Lipinski definition) is 0. The number of benzene rings is 1. The molecule has 1 aromatic carbocycles. The van der Waals surface area contributed by atoms with E-state index in [9.17, 15) is 8.42 Å². The van der Waals surface area contributed by atoms with Crippen molar-refractivity contribution in [1.29, 1.82) is 0 Å². The number of hydrogen-bond acceptors (Lipinski definition) is 4. The molecule has 136 valence electrons. The van der Waals surface area contributed by atoms with Crippen molar-refractivity contribution in [3.05, 3.63) is 29.8 Å². The van der Waals surface area contributed by atoms with E-state index >= 15 is 0 Å². The molecule has 0 N–H and O–H groups in total. The van der Waals surface area contributed by atoms with Gasteiger partial charge >= 0.3 is 0 Å². The predicted octanol–water partition coefficient (Wildman–Crippen LogP) is 3.82. The second-order valence-corrected chi connectivity index (χ2v) is 8.55. The Morgan fingerprint density at radius 3 is 2.46 bits per heavy atom. The first-order valence-electron chi connectivity index (χ1n) is 8.75. The zero-order valence-corrected chi connectivity index (χ0v) is 16.0. The Balaban J connectivity index is 1.65. The third-order valence-corrected chi connectivity index (χ3v) is 6.21. The lowest BCUT2D eigenvalue weighted by Gasteiger charge is -2.31. The Morgan fingerprint density at radius 1 is 1.17 bits per heavy atom. The largest absolute Gasteiger partial charge is 0.303 e. The molecule has 1 aliphatic heterocycles. The van der Waals surface area contributed by atoms with Gasteiger partial charge in [0.1, 0.15) is 0 Å². The maximum atomic E-state index is 12.1. The van der Waals surface area contributed by atoms with E-state index in [0.717, 1.165) is 50.3 Å². The normalized spacial score (nSPS) is 17.2. The van der Waals surface area contributed by atoms with E-state index in [1.807, 2.05) is 6.92 Å². The number of likely N-dealkylation sites (tertiary alicyclic amines) is 1. The molecule has 0 aromatic heterocycles. The van der Waals surface area contributed by atoms with Crippen LogP contribution in [0.1, 0.15) is 37.7 Å². The molecule has 1 saturated heterocycles. The summed E-state index contributed by atoms with van der Waals surface area (Å²) < 4.78 is 29.4. The van der Waals surface area contributed by atoms with E-state index in [4.69, 9.17) is 15.8 Å². The molecule has 0 bridgehead atoms. The summed E-state index contributed by atoms with van der Waals surface area (Å²) in [5.74, 6) is 1.41. The second-order valence-electron chi connectivity index (χ2n) is 6.56. The molecular weight excluding hydrogens is 346 g/mol. The first-order valence-corrected chi connectivity index (χ1v) is 10.7. The lowest BCUT2D eigenvalue weighted by molar-refractivity contribution is 0.173. The molecule has 1 fully saturated rings. The molecule has 1 heterocycles. The summed E-state index contributed by atoms with van der Waals surface area (Å²) in [7, 11) is -3.62. The van der Waals surface area contributed by atoms with Gasteiger partial charge in [-0.3, -0.25) is 4.18 Å². The van der Waals surface area contributed by atoms with Crippen LogP contribution in [-0.2, 0) is 14.3 Å². The first kappa shape index (κ1) is 19.7. The minimum absolute atomic E-state index is 0.237. The minimum Gasteiger partial charge on any atom is -0.303 e. The molecule has 0 aliphatic carbocycles. The molecule has 0 spiro atoms. The smallest absolute Gasteiger partial charge is 0.296 e. The maximum Gasteiger partial charge on any atom is 0.296 e. The molecule has 24 heavy (non-hydrogen) atoms. The van der Waals surface area contributed by atoms with Crippen molar-refractivity contribution in [2.45, 2.75) is 43.9 Å². The quantitative estimate of drug-likeness (QED) is 0.375. The van der Waals surface area contributed by atoms with Crippen LogP contribution in [0.4, 0.5) is 0 Å². The third-order valence-electron chi connectivity index (χ3n) is 4.62. The molecule has 6 heteroatoms. The zero-order chi connectivity index (χ0) is 17.4. The molecule has 0 unspecified atom stereocenters. The van der Waals surface area contributed by atoms with Crippen LogP contribution in [-0.4, -0.2) is 45.4 Å². The summed E-state index contributed by atoms with van der Waals surface area (Å²) in [4.78, 5) is 2.71. The predicted molar refractivity (Wildman–Crippen MR) is 98.1 cm³/mol. The minimum atomic E-state index is -3.62. The number of halogens is 1. The van der Waals surface area contributed by atoms with Gasteiger partial charge < -0.3 is 4.90 Å². The summed E-state index contributed by atoms with van der Waals surface area (Å²) >= 11 is 5.73. The maximum absolute atomic E-state index is 12.1. The number of piperidine rings is 1. The van der Waals surface area contributed by atoms with Crippen LogP contribution in [0.2, 0.25) is 0 Å². The summed E-state index contributed by atoms with van der Waals surface area (Å²) in [5, 5.41) is 0. The van der Waals surface area contributed by atoms with Crippen molar-refractivity contribution in [2.24, 2.45) is 5.92 Å². The van der Waals surface area contributed by atoms with Crippen molar-refractivity contribution in [2.75, 3.05) is 32.1 Å². The second kappa shape index (κ2) is 9.76. The van der Waals surface area contributed by atoms with Crippen LogP contribution in [0.25, 0.3) is 0 Å². The fourth-order valence-electron chi connectivity index (χ4n) is 3.10. The third kappa shape index (κ3) is 6.36. The van der Waals surface area contributed by atoms with Gasteiger partial charge in [0, 0.05) is 5.88 Å². The SMILES string of the molecule is Cc1ccc(S(=O)(=O)OCCCC2CCN(CCCCl)CC2)cc1. The molecule has 0 atom stereocenters. The van der Waals surface area contributed by atoms with E-state index in [1.165, 1.54) is 12.8 Å². The van der Waals surface area contributed by atoms with Gasteiger partial charge in [0.15, 0.2) is 0 Å². The summed E-state index contributed by atoms with van der Waals surface area (Å²) in [5.41, 5.74) is 1.03. The highest BCUT2D eigenvalue weighted by Crippen LogP contribution is 2.22. The Hall–Kier alpha value is -0.620. The van der Waals surface area contributed by atoms with Crippen LogP contribution < -0.4 is 0 Å². The Labute approximate surface area is 151 Å². The zero-order valence-electron chi connectivity index (χ0n) is 14.4. The van der Waals surface area contributed by atoms with E-state index in [2.05, 4.69) is 4.90 Å². The van der Waals surface area contributed by atoms with Gasteiger partial charge in [0.25, 0.3) is 10.1 Å². The highest BCUT2D eigenvalue weighted by Gasteiger charge is 2.19. The summed E-state index contributed by atoms with van der Waals surface area (Å²) in [6.07, 6.45) is 5.25. The monoisotopic (exact) mass is 373 g/mol. The van der Waals surface area contributed by atoms with Crippen molar-refractivity contribution in [3.8, 4) is 0 Å². The molecule has 4 nitrogen and oxygen atoms in total. The van der Waals surface area contributed by atoms with Gasteiger partial charge in [0.05, 0.1) is 11.5 Å². The van der Waals surface area contributed by atoms with Crippen LogP contribution in [0.15, 0.2) is 29.2 Å². The van der Waals surface area contributed by atoms with Crippen LogP contribution in [0.3, 0.4) is 0 Å². The highest BCUT2D eigenvalue weighted by atomic mass is 35.5. The fourth-order valence-corrected chi connectivity index (χ4v) is 4.16. The van der Waals surface area contributed by atoms with Gasteiger partial charge in [0.2, 0.25) is 0 Å². The lowest BCUT2D eigenvalue weighted by atomic mass is 9.92. The molecule has 0 radical (unpaired) electrons. The summed E-state index contributed by atoms with van der Waals surface area (Å²) in [6, 6.07) is 6.77. The van der Waals surface area contributed by atoms with Crippen LogP contribution in [0.5, 0.6) is 0 Å². The van der Waals surface area contributed by atoms with Crippen LogP contribution >= 0.6 is 11.6 Å². The van der Waals surface area contributed by atoms with E-state index in [0.29, 0.717) is 5.92 Å². The van der Waals surface area contributed by atoms with Crippen molar-refractivity contribution in [1.82, 2.24) is 4.90 Å². The average molecular weight is 374 g/mol. The van der Waals surface area contributed by atoms with Gasteiger partial charge in [-0.05, 0) is 76.7 Å². The van der Waals surface area contributed by atoms with E-state index in [-0.39, 0.29) is 11.5 Å². The van der Waals surface area contributed by atoms with Crippen molar-refractivity contribution < 1.29 is 12.6 Å². The lowest BCUT2D eigenvalue weighted by Crippen LogP contribution is -2.34. The molecular formula is C18H28ClNO3S. The Morgan fingerprint density at radius 2 is 1.83 bits per heavy atom.